The summed E-state index contributed by atoms with van der Waals surface area (Å²) >= 11 is 1.68. The van der Waals surface area contributed by atoms with E-state index in [9.17, 15) is 4.79 Å². The van der Waals surface area contributed by atoms with E-state index in [1.165, 1.54) is 4.88 Å². The van der Waals surface area contributed by atoms with Crippen LogP contribution in [0.3, 0.4) is 0 Å². The van der Waals surface area contributed by atoms with Gasteiger partial charge in [-0.05, 0) is 31.2 Å². The smallest absolute Gasteiger partial charge is 0.269 e. The van der Waals surface area contributed by atoms with Gasteiger partial charge >= 0.3 is 0 Å². The fourth-order valence-electron chi connectivity index (χ4n) is 1.70. The second-order valence-corrected chi connectivity index (χ2v) is 5.42. The van der Waals surface area contributed by atoms with Crippen LogP contribution in [0.4, 0.5) is 0 Å². The molecule has 1 unspecified atom stereocenters. The number of carbonyl (C=O) groups excluding carboxylic acids is 1. The van der Waals surface area contributed by atoms with Crippen LogP contribution in [0.1, 0.15) is 26.3 Å². The Labute approximate surface area is 116 Å². The Morgan fingerprint density at radius 2 is 2.26 bits per heavy atom. The topological polar surface area (TPSA) is 51.2 Å². The van der Waals surface area contributed by atoms with E-state index < -0.39 is 0 Å². The first-order chi connectivity index (χ1) is 9.20. The quantitative estimate of drug-likeness (QED) is 0.913. The number of thiophene rings is 1. The molecule has 2 rings (SSSR count). The van der Waals surface area contributed by atoms with Gasteiger partial charge in [0.25, 0.3) is 5.91 Å². The predicted molar refractivity (Wildman–Crippen MR) is 75.4 cm³/mol. The van der Waals surface area contributed by atoms with E-state index in [-0.39, 0.29) is 12.0 Å². The third kappa shape index (κ3) is 3.62. The number of rotatable bonds is 5. The number of nitrogens with zero attached hydrogens (tertiary/aromatic N) is 1. The monoisotopic (exact) mass is 276 g/mol. The average Bonchev–Trinajstić information content (AvgIpc) is 2.87. The Morgan fingerprint density at radius 3 is 2.84 bits per heavy atom. The largest absolute Gasteiger partial charge is 0.374 e. The normalized spacial score (nSPS) is 12.1. The maximum absolute atomic E-state index is 11.9. The molecule has 0 aliphatic rings. The van der Waals surface area contributed by atoms with Gasteiger partial charge in [-0.2, -0.15) is 0 Å². The standard InChI is InChI=1S/C14H16N2O2S/c1-10-6-7-13(19-10)12(18-2)9-16-14(17)11-5-3-4-8-15-11/h3-8,12H,9H2,1-2H3,(H,16,17). The summed E-state index contributed by atoms with van der Waals surface area (Å²) in [6, 6.07) is 9.33. The van der Waals surface area contributed by atoms with Crippen LogP contribution in [-0.2, 0) is 4.74 Å². The van der Waals surface area contributed by atoms with E-state index >= 15 is 0 Å². The molecule has 2 heterocycles. The molecule has 1 amide bonds. The molecule has 0 spiro atoms. The van der Waals surface area contributed by atoms with Crippen molar-refractivity contribution >= 4 is 17.2 Å². The van der Waals surface area contributed by atoms with E-state index in [1.807, 2.05) is 19.1 Å². The number of aryl methyl sites for hydroxylation is 1. The minimum Gasteiger partial charge on any atom is -0.374 e. The maximum atomic E-state index is 11.9. The van der Waals surface area contributed by atoms with Gasteiger partial charge in [0.15, 0.2) is 0 Å². The maximum Gasteiger partial charge on any atom is 0.269 e. The predicted octanol–water partition coefficient (Wildman–Crippen LogP) is 2.57. The molecule has 2 aromatic heterocycles. The molecule has 0 radical (unpaired) electrons. The first-order valence-electron chi connectivity index (χ1n) is 5.99. The Kier molecular flexibility index (Phi) is 4.65. The SMILES string of the molecule is COC(CNC(=O)c1ccccn1)c1ccc(C)s1. The van der Waals surface area contributed by atoms with E-state index in [0.717, 1.165) is 4.88 Å². The lowest BCUT2D eigenvalue weighted by atomic mass is 10.2. The highest BCUT2D eigenvalue weighted by Crippen LogP contribution is 2.24. The second-order valence-electron chi connectivity index (χ2n) is 4.10. The van der Waals surface area contributed by atoms with Crippen LogP contribution >= 0.6 is 11.3 Å². The molecule has 2 aromatic rings. The summed E-state index contributed by atoms with van der Waals surface area (Å²) in [5.41, 5.74) is 0.416. The fraction of sp³-hybridized carbons (Fsp3) is 0.286. The number of nitrogens with one attached hydrogen (secondary N) is 1. The van der Waals surface area contributed by atoms with Crippen molar-refractivity contribution in [3.63, 3.8) is 0 Å². The number of ether oxygens (including phenoxy) is 1. The van der Waals surface area contributed by atoms with Gasteiger partial charge in [-0.1, -0.05) is 6.07 Å². The summed E-state index contributed by atoms with van der Waals surface area (Å²) in [5, 5.41) is 2.84. The highest BCUT2D eigenvalue weighted by molar-refractivity contribution is 7.12. The van der Waals surface area contributed by atoms with Crippen molar-refractivity contribution in [2.45, 2.75) is 13.0 Å². The number of methoxy groups -OCH3 is 1. The molecule has 0 aliphatic heterocycles. The van der Waals surface area contributed by atoms with Gasteiger partial charge in [0.2, 0.25) is 0 Å². The lowest BCUT2D eigenvalue weighted by molar-refractivity contribution is 0.0834. The van der Waals surface area contributed by atoms with Crippen LogP contribution in [0.15, 0.2) is 36.5 Å². The molecule has 100 valence electrons. The molecular weight excluding hydrogens is 260 g/mol. The van der Waals surface area contributed by atoms with Crippen molar-refractivity contribution in [2.24, 2.45) is 0 Å². The summed E-state index contributed by atoms with van der Waals surface area (Å²) in [5.74, 6) is -0.184. The summed E-state index contributed by atoms with van der Waals surface area (Å²) in [6.07, 6.45) is 1.48. The minimum absolute atomic E-state index is 0.119. The number of carbonyl (C=O) groups is 1. The van der Waals surface area contributed by atoms with E-state index in [4.69, 9.17) is 4.74 Å². The number of amides is 1. The van der Waals surface area contributed by atoms with Crippen molar-refractivity contribution in [3.8, 4) is 0 Å². The number of aromatic nitrogens is 1. The highest BCUT2D eigenvalue weighted by Gasteiger charge is 2.14. The molecule has 5 heteroatoms. The Morgan fingerprint density at radius 1 is 1.42 bits per heavy atom. The molecule has 1 N–H and O–H groups in total. The number of hydrogen-bond donors (Lipinski definition) is 1. The van der Waals surface area contributed by atoms with Crippen molar-refractivity contribution in [2.75, 3.05) is 13.7 Å². The van der Waals surface area contributed by atoms with Gasteiger partial charge in [-0.25, -0.2) is 0 Å². The first kappa shape index (κ1) is 13.7. The molecule has 1 atom stereocenters. The second kappa shape index (κ2) is 6.45. The molecule has 0 saturated heterocycles. The van der Waals surface area contributed by atoms with E-state index in [0.29, 0.717) is 12.2 Å². The zero-order chi connectivity index (χ0) is 13.7. The Balaban J connectivity index is 1.95. The highest BCUT2D eigenvalue weighted by atomic mass is 32.1. The van der Waals surface area contributed by atoms with Crippen LogP contribution in [0.25, 0.3) is 0 Å². The van der Waals surface area contributed by atoms with Gasteiger partial charge in [0.05, 0.1) is 0 Å². The molecule has 0 saturated carbocycles. The molecule has 19 heavy (non-hydrogen) atoms. The van der Waals surface area contributed by atoms with Gasteiger partial charge in [0.1, 0.15) is 11.8 Å². The zero-order valence-electron chi connectivity index (χ0n) is 10.9. The van der Waals surface area contributed by atoms with Gasteiger partial charge in [0, 0.05) is 29.6 Å². The van der Waals surface area contributed by atoms with Crippen molar-refractivity contribution < 1.29 is 9.53 Å². The summed E-state index contributed by atoms with van der Waals surface area (Å²) in [4.78, 5) is 18.2. The van der Waals surface area contributed by atoms with Gasteiger partial charge in [-0.3, -0.25) is 9.78 Å². The van der Waals surface area contributed by atoms with Crippen molar-refractivity contribution in [1.29, 1.82) is 0 Å². The molecule has 0 bridgehead atoms. The minimum atomic E-state index is -0.184. The third-order valence-electron chi connectivity index (χ3n) is 2.71. The van der Waals surface area contributed by atoms with Gasteiger partial charge < -0.3 is 10.1 Å². The number of pyridine rings is 1. The van der Waals surface area contributed by atoms with Gasteiger partial charge in [-0.15, -0.1) is 11.3 Å². The van der Waals surface area contributed by atoms with Crippen LogP contribution in [0.5, 0.6) is 0 Å². The van der Waals surface area contributed by atoms with Crippen LogP contribution in [-0.4, -0.2) is 24.5 Å². The third-order valence-corrected chi connectivity index (χ3v) is 3.80. The first-order valence-corrected chi connectivity index (χ1v) is 6.80. The number of hydrogen-bond acceptors (Lipinski definition) is 4. The summed E-state index contributed by atoms with van der Waals surface area (Å²) < 4.78 is 5.41. The Bertz CT molecular complexity index is 539. The fourth-order valence-corrected chi connectivity index (χ4v) is 2.65. The molecule has 4 nitrogen and oxygen atoms in total. The lowest BCUT2D eigenvalue weighted by Crippen LogP contribution is -2.29. The lowest BCUT2D eigenvalue weighted by Gasteiger charge is -2.14. The summed E-state index contributed by atoms with van der Waals surface area (Å²) in [7, 11) is 1.65. The van der Waals surface area contributed by atoms with Crippen LogP contribution in [0.2, 0.25) is 0 Å². The van der Waals surface area contributed by atoms with E-state index in [1.54, 1.807) is 42.8 Å². The average molecular weight is 276 g/mol. The van der Waals surface area contributed by atoms with Crippen molar-refractivity contribution in [1.82, 2.24) is 10.3 Å². The van der Waals surface area contributed by atoms with Crippen LogP contribution in [0, 0.1) is 6.92 Å². The molecule has 0 fully saturated rings. The molecule has 0 aliphatic carbocycles. The molecular formula is C14H16N2O2S. The van der Waals surface area contributed by atoms with Crippen molar-refractivity contribution in [3.05, 3.63) is 52.0 Å². The Hall–Kier alpha value is -1.72. The van der Waals surface area contributed by atoms with Crippen LogP contribution < -0.4 is 5.32 Å². The summed E-state index contributed by atoms with van der Waals surface area (Å²) in [6.45, 7) is 2.49. The van der Waals surface area contributed by atoms with E-state index in [2.05, 4.69) is 10.3 Å². The zero-order valence-corrected chi connectivity index (χ0v) is 11.7. The molecule has 0 aromatic carbocycles.